The van der Waals surface area contributed by atoms with E-state index < -0.39 is 11.7 Å². The van der Waals surface area contributed by atoms with Gasteiger partial charge >= 0.3 is 0 Å². The molecule has 0 spiro atoms. The fourth-order valence-corrected chi connectivity index (χ4v) is 9.16. The number of aryl methyl sites for hydroxylation is 2. The number of rotatable bonds is 15. The largest absolute Gasteiger partial charge is 0.495 e. The van der Waals surface area contributed by atoms with E-state index >= 15 is 0 Å². The molecule has 4 N–H and O–H groups in total. The Labute approximate surface area is 472 Å². The minimum absolute atomic E-state index is 0.0606. The van der Waals surface area contributed by atoms with Crippen molar-refractivity contribution in [3.8, 4) is 16.8 Å². The SMILES string of the molecule is C=O.CC.CC(CC(C)(C)C)NCC(C#N)c1cccc(Cl)c1F.CNc1ccc(C(=O)NCCOCCNC(C)=O)cc1OC.Cc1sc2c(c1C)C(c1ccc(Cl)cc1)=NCc1nnc(C)n1-2.Fc1cccc(Cl)c1. The Kier molecular flexibility index (Phi) is 29.9. The molecule has 0 aliphatic carbocycles. The number of halogens is 5. The fraction of sp³-hybridized carbons (Fsp3) is 0.386. The molecule has 0 saturated heterocycles. The Morgan fingerprint density at radius 2 is 1.56 bits per heavy atom. The van der Waals surface area contributed by atoms with E-state index in [9.17, 15) is 23.6 Å². The van der Waals surface area contributed by atoms with Gasteiger partial charge in [-0.2, -0.15) is 5.26 Å². The number of nitriles is 1. The van der Waals surface area contributed by atoms with Crippen LogP contribution in [0.3, 0.4) is 0 Å². The summed E-state index contributed by atoms with van der Waals surface area (Å²) in [6.45, 7) is 24.9. The van der Waals surface area contributed by atoms with E-state index in [1.807, 2.05) is 51.8 Å². The second-order valence-electron chi connectivity index (χ2n) is 18.0. The minimum atomic E-state index is -0.531. The van der Waals surface area contributed by atoms with Crippen LogP contribution in [0.2, 0.25) is 15.1 Å². The monoisotopic (exact) mass is 1140 g/mol. The second kappa shape index (κ2) is 34.5. The first-order valence-electron chi connectivity index (χ1n) is 24.7. The molecule has 4 aromatic carbocycles. The number of hydrogen-bond donors (Lipinski definition) is 4. The van der Waals surface area contributed by atoms with Gasteiger partial charge in [0, 0.05) is 76.8 Å². The lowest BCUT2D eigenvalue weighted by molar-refractivity contribution is -0.119. The molecule has 1 aliphatic rings. The van der Waals surface area contributed by atoms with E-state index in [1.54, 1.807) is 68.0 Å². The highest BCUT2D eigenvalue weighted by atomic mass is 35.5. The number of thiophene rings is 1. The highest BCUT2D eigenvalue weighted by Gasteiger charge is 2.26. The first-order valence-corrected chi connectivity index (χ1v) is 26.7. The van der Waals surface area contributed by atoms with Gasteiger partial charge in [0.25, 0.3) is 5.91 Å². The Morgan fingerprint density at radius 1 is 0.909 bits per heavy atom. The molecular weight excluding hydrogens is 1070 g/mol. The number of ether oxygens (including phenoxy) is 2. The summed E-state index contributed by atoms with van der Waals surface area (Å²) in [5.41, 5.74) is 6.44. The molecule has 0 fully saturated rings. The summed E-state index contributed by atoms with van der Waals surface area (Å²) in [7, 11) is 3.34. The van der Waals surface area contributed by atoms with Crippen LogP contribution in [0.4, 0.5) is 14.5 Å². The number of carbonyl (C=O) groups excluding carboxylic acids is 3. The van der Waals surface area contributed by atoms with Crippen molar-refractivity contribution in [1.29, 1.82) is 5.26 Å². The van der Waals surface area contributed by atoms with Gasteiger partial charge < -0.3 is 35.5 Å². The summed E-state index contributed by atoms with van der Waals surface area (Å²) in [5.74, 6) is 0.799. The molecule has 20 heteroatoms. The normalized spacial score (nSPS) is 11.7. The molecule has 0 saturated carbocycles. The highest BCUT2D eigenvalue weighted by Crippen LogP contribution is 2.36. The maximum atomic E-state index is 13.9. The minimum Gasteiger partial charge on any atom is -0.495 e. The molecule has 77 heavy (non-hydrogen) atoms. The van der Waals surface area contributed by atoms with E-state index in [-0.39, 0.29) is 34.1 Å². The molecule has 2 amide bonds. The number of anilines is 1. The second-order valence-corrected chi connectivity index (χ2v) is 20.5. The van der Waals surface area contributed by atoms with Crippen molar-refractivity contribution in [2.75, 3.05) is 52.3 Å². The number of hydrogen-bond acceptors (Lipinski definition) is 12. The summed E-state index contributed by atoms with van der Waals surface area (Å²) in [4.78, 5) is 36.8. The standard InChI is InChI=1S/C17H15ClN4S.C16H22ClFN2.C15H23N3O4.C6H4ClF.C2H6.CH2O/c1-9-10(2)23-17-15(9)16(12-4-6-13(18)7-5-12)19-8-14-21-20-11(3)22(14)17;1-11(8-16(2,3)4)20-10-12(9-19)13-6-5-7-14(17)15(13)18;1-11(19)17-6-8-22-9-7-18-15(20)12-4-5-13(16-2)14(10-12)21-3;7-5-2-1-3-6(8)4-5;2*1-2/h4-7H,8H2,1-3H3;5-7,11-12,20H,8,10H2,1-4H3;4-5,10,16H,6-9H2,1-3H3,(H,17,19)(H,18,20);1-4H;1-2H3;1H2. The van der Waals surface area contributed by atoms with Crippen molar-refractivity contribution in [2.24, 2.45) is 10.4 Å². The molecule has 2 unspecified atom stereocenters. The lowest BCUT2D eigenvalue weighted by Gasteiger charge is -2.25. The van der Waals surface area contributed by atoms with Crippen LogP contribution in [0.1, 0.15) is 110 Å². The zero-order chi connectivity index (χ0) is 57.8. The third-order valence-electron chi connectivity index (χ3n) is 11.0. The third-order valence-corrected chi connectivity index (χ3v) is 12.9. The van der Waals surface area contributed by atoms with E-state index in [2.05, 4.69) is 83.6 Å². The summed E-state index contributed by atoms with van der Waals surface area (Å²) in [5, 5.41) is 31.8. The Hall–Kier alpha value is -6.26. The van der Waals surface area contributed by atoms with Gasteiger partial charge in [0.1, 0.15) is 41.5 Å². The number of nitrogens with zero attached hydrogens (tertiary/aromatic N) is 5. The highest BCUT2D eigenvalue weighted by molar-refractivity contribution is 7.15. The van der Waals surface area contributed by atoms with Crippen molar-refractivity contribution in [3.05, 3.63) is 156 Å². The van der Waals surface area contributed by atoms with Crippen LogP contribution < -0.4 is 26.0 Å². The van der Waals surface area contributed by atoms with Crippen molar-refractivity contribution in [3.63, 3.8) is 0 Å². The molecule has 14 nitrogen and oxygen atoms in total. The number of fused-ring (bicyclic) bond motifs is 3. The van der Waals surface area contributed by atoms with Crippen LogP contribution in [0.5, 0.6) is 5.75 Å². The molecule has 416 valence electrons. The van der Waals surface area contributed by atoms with Crippen LogP contribution in [0.15, 0.2) is 89.9 Å². The zero-order valence-corrected chi connectivity index (χ0v) is 49.1. The van der Waals surface area contributed by atoms with Crippen molar-refractivity contribution in [2.45, 2.75) is 94.2 Å². The zero-order valence-electron chi connectivity index (χ0n) is 46.0. The van der Waals surface area contributed by atoms with Gasteiger partial charge in [-0.15, -0.1) is 21.5 Å². The number of carbonyl (C=O) groups is 3. The van der Waals surface area contributed by atoms with Crippen LogP contribution in [0, 0.1) is 49.2 Å². The van der Waals surface area contributed by atoms with E-state index in [0.717, 1.165) is 45.1 Å². The predicted molar refractivity (Wildman–Crippen MR) is 310 cm³/mol. The molecule has 1 aliphatic heterocycles. The smallest absolute Gasteiger partial charge is 0.251 e. The third kappa shape index (κ3) is 22.0. The predicted octanol–water partition coefficient (Wildman–Crippen LogP) is 12.7. The van der Waals surface area contributed by atoms with E-state index in [4.69, 9.17) is 54.1 Å². The van der Waals surface area contributed by atoms with Crippen LogP contribution >= 0.6 is 46.1 Å². The molecule has 3 heterocycles. The number of benzene rings is 4. The Balaban J connectivity index is 0.000000357. The van der Waals surface area contributed by atoms with Gasteiger partial charge in [0.2, 0.25) is 5.91 Å². The first kappa shape index (κ1) is 66.9. The number of amides is 2. The number of methoxy groups -OCH3 is 1. The molecule has 6 aromatic rings. The van der Waals surface area contributed by atoms with Crippen molar-refractivity contribution in [1.82, 2.24) is 30.7 Å². The summed E-state index contributed by atoms with van der Waals surface area (Å²) >= 11 is 19.0. The van der Waals surface area contributed by atoms with Gasteiger partial charge in [-0.25, -0.2) is 8.78 Å². The van der Waals surface area contributed by atoms with Crippen LogP contribution in [-0.2, 0) is 20.9 Å². The Bertz CT molecular complexity index is 2850. The molecular formula is C57H72Cl3F2N9O5S. The number of nitrogens with one attached hydrogen (secondary N) is 4. The Morgan fingerprint density at radius 3 is 2.13 bits per heavy atom. The van der Waals surface area contributed by atoms with Gasteiger partial charge in [-0.1, -0.05) is 99.8 Å². The summed E-state index contributed by atoms with van der Waals surface area (Å²) in [6.07, 6.45) is 0.989. The average molecular weight is 1140 g/mol. The quantitative estimate of drug-likeness (QED) is 0.0722. The lowest BCUT2D eigenvalue weighted by Crippen LogP contribution is -2.33. The fourth-order valence-electron chi connectivity index (χ4n) is 7.45. The lowest BCUT2D eigenvalue weighted by atomic mass is 9.88. The van der Waals surface area contributed by atoms with Gasteiger partial charge in [-0.05, 0) is 99.7 Å². The average Bonchev–Trinajstić information content (AvgIpc) is 3.85. The molecule has 2 aromatic heterocycles. The van der Waals surface area contributed by atoms with Crippen LogP contribution in [-0.4, -0.2) is 92.1 Å². The topological polar surface area (TPSA) is 185 Å². The molecule has 0 radical (unpaired) electrons. The van der Waals surface area contributed by atoms with Gasteiger partial charge in [0.05, 0.1) is 48.7 Å². The number of aromatic nitrogens is 3. The maximum Gasteiger partial charge on any atom is 0.251 e. The molecule has 7 rings (SSSR count). The van der Waals surface area contributed by atoms with Gasteiger partial charge in [0.15, 0.2) is 5.82 Å². The molecule has 2 atom stereocenters. The van der Waals surface area contributed by atoms with Crippen LogP contribution in [0.25, 0.3) is 5.00 Å². The summed E-state index contributed by atoms with van der Waals surface area (Å²) in [6, 6.07) is 26.1. The van der Waals surface area contributed by atoms with E-state index in [1.165, 1.54) is 41.1 Å². The molecule has 0 bridgehead atoms. The van der Waals surface area contributed by atoms with E-state index in [0.29, 0.717) is 61.3 Å². The first-order chi connectivity index (χ1) is 36.7. The van der Waals surface area contributed by atoms with Crippen molar-refractivity contribution < 1.29 is 32.6 Å². The summed E-state index contributed by atoms with van der Waals surface area (Å²) < 4.78 is 38.6. The maximum absolute atomic E-state index is 13.9. The van der Waals surface area contributed by atoms with Gasteiger partial charge in [-0.3, -0.25) is 19.1 Å². The van der Waals surface area contributed by atoms with Crippen molar-refractivity contribution >= 4 is 76.1 Å². The number of aliphatic imine (C=N–C) groups is 1.